The number of benzene rings is 3. The van der Waals surface area contributed by atoms with E-state index in [-0.39, 0.29) is 29.9 Å². The second-order valence-corrected chi connectivity index (χ2v) is 8.95. The highest BCUT2D eigenvalue weighted by atomic mass is 16.5. The van der Waals surface area contributed by atoms with Gasteiger partial charge in [0.05, 0.1) is 0 Å². The summed E-state index contributed by atoms with van der Waals surface area (Å²) in [5.41, 5.74) is 5.83. The molecule has 3 aromatic rings. The topological polar surface area (TPSA) is 55.4 Å². The summed E-state index contributed by atoms with van der Waals surface area (Å²) in [4.78, 5) is 26.1. The zero-order valence-corrected chi connectivity index (χ0v) is 18.7. The zero-order chi connectivity index (χ0) is 22.8. The molecule has 1 heterocycles. The molecule has 4 heteroatoms. The summed E-state index contributed by atoms with van der Waals surface area (Å²) < 4.78 is 6.16. The Morgan fingerprint density at radius 3 is 2.36 bits per heavy atom. The second-order valence-electron chi connectivity index (χ2n) is 8.95. The minimum absolute atomic E-state index is 0.0473. The Kier molecular flexibility index (Phi) is 5.82. The number of hydrogen-bond donors (Lipinski definition) is 1. The van der Waals surface area contributed by atoms with Crippen molar-refractivity contribution in [3.05, 3.63) is 112 Å². The predicted octanol–water partition coefficient (Wildman–Crippen LogP) is 5.58. The highest BCUT2D eigenvalue weighted by Crippen LogP contribution is 2.44. The molecule has 166 valence electrons. The number of aryl methyl sites for hydroxylation is 1. The molecule has 1 aliphatic heterocycles. The Morgan fingerprint density at radius 2 is 1.58 bits per heavy atom. The molecule has 33 heavy (non-hydrogen) atoms. The smallest absolute Gasteiger partial charge is 0.225 e. The van der Waals surface area contributed by atoms with Gasteiger partial charge in [-0.15, -0.1) is 0 Å². The van der Waals surface area contributed by atoms with Crippen LogP contribution in [0.15, 0.2) is 90.1 Å². The van der Waals surface area contributed by atoms with Crippen molar-refractivity contribution in [2.45, 2.75) is 44.6 Å². The standard InChI is InChI=1S/C29H27NO3/c1-19-11-13-21(14-12-19)22-15-25-29(26(31)16-22)24(17-28(32)30-25)23-9-5-6-10-27(23)33-18-20-7-3-2-4-8-20/h2-14,22,24H,15-18H2,1H3,(H,30,32)/t22-,24-/m0/s1. The van der Waals surface area contributed by atoms with Crippen molar-refractivity contribution < 1.29 is 14.3 Å². The van der Waals surface area contributed by atoms with E-state index < -0.39 is 0 Å². The van der Waals surface area contributed by atoms with E-state index in [1.165, 1.54) is 5.56 Å². The normalized spacial score (nSPS) is 20.3. The van der Waals surface area contributed by atoms with E-state index in [1.807, 2.05) is 54.6 Å². The fourth-order valence-corrected chi connectivity index (χ4v) is 4.94. The van der Waals surface area contributed by atoms with E-state index in [4.69, 9.17) is 4.74 Å². The van der Waals surface area contributed by atoms with Crippen molar-refractivity contribution in [2.75, 3.05) is 0 Å². The molecule has 0 spiro atoms. The van der Waals surface area contributed by atoms with Crippen LogP contribution in [0.5, 0.6) is 5.75 Å². The molecule has 1 amide bonds. The van der Waals surface area contributed by atoms with Gasteiger partial charge in [0.1, 0.15) is 12.4 Å². The van der Waals surface area contributed by atoms with Gasteiger partial charge in [-0.05, 0) is 36.5 Å². The van der Waals surface area contributed by atoms with Gasteiger partial charge in [0.25, 0.3) is 0 Å². The molecule has 5 rings (SSSR count). The minimum atomic E-state index is -0.285. The molecule has 2 aliphatic rings. The number of Topliss-reactive ketones (excluding diaryl/α,β-unsaturated/α-hetero) is 1. The van der Waals surface area contributed by atoms with Gasteiger partial charge in [-0.2, -0.15) is 0 Å². The number of rotatable bonds is 5. The number of ketones is 1. The average molecular weight is 438 g/mol. The van der Waals surface area contributed by atoms with Crippen molar-refractivity contribution in [1.82, 2.24) is 5.32 Å². The molecule has 4 nitrogen and oxygen atoms in total. The molecule has 0 saturated heterocycles. The molecule has 0 fully saturated rings. The van der Waals surface area contributed by atoms with Crippen molar-refractivity contribution in [1.29, 1.82) is 0 Å². The summed E-state index contributed by atoms with van der Waals surface area (Å²) >= 11 is 0. The largest absolute Gasteiger partial charge is 0.489 e. The molecular formula is C29H27NO3. The number of para-hydroxylation sites is 1. The molecule has 0 aromatic heterocycles. The quantitative estimate of drug-likeness (QED) is 0.567. The molecule has 1 N–H and O–H groups in total. The fraction of sp³-hybridized carbons (Fsp3) is 0.241. The summed E-state index contributed by atoms with van der Waals surface area (Å²) in [5.74, 6) is 0.590. The van der Waals surface area contributed by atoms with E-state index in [2.05, 4.69) is 36.5 Å². The number of nitrogens with one attached hydrogen (secondary N) is 1. The SMILES string of the molecule is Cc1ccc([C@@H]2CC(=O)C3=C(C2)NC(=O)C[C@H]3c2ccccc2OCc2ccccc2)cc1. The van der Waals surface area contributed by atoms with Crippen molar-refractivity contribution in [2.24, 2.45) is 0 Å². The van der Waals surface area contributed by atoms with E-state index in [0.717, 1.165) is 33.7 Å². The van der Waals surface area contributed by atoms with Gasteiger partial charge in [-0.3, -0.25) is 9.59 Å². The maximum absolute atomic E-state index is 13.4. The van der Waals surface area contributed by atoms with E-state index >= 15 is 0 Å². The van der Waals surface area contributed by atoms with Gasteiger partial charge in [-0.25, -0.2) is 0 Å². The lowest BCUT2D eigenvalue weighted by molar-refractivity contribution is -0.122. The van der Waals surface area contributed by atoms with Crippen LogP contribution in [0.3, 0.4) is 0 Å². The Morgan fingerprint density at radius 1 is 0.848 bits per heavy atom. The third-order valence-electron chi connectivity index (χ3n) is 6.62. The molecule has 0 radical (unpaired) electrons. The van der Waals surface area contributed by atoms with Crippen LogP contribution in [0.4, 0.5) is 0 Å². The Balaban J connectivity index is 1.45. The first-order valence-electron chi connectivity index (χ1n) is 11.5. The van der Waals surface area contributed by atoms with E-state index in [0.29, 0.717) is 19.4 Å². The lowest BCUT2D eigenvalue weighted by atomic mass is 9.73. The van der Waals surface area contributed by atoms with Gasteiger partial charge in [0.2, 0.25) is 5.91 Å². The predicted molar refractivity (Wildman–Crippen MR) is 128 cm³/mol. The van der Waals surface area contributed by atoms with Crippen LogP contribution >= 0.6 is 0 Å². The Labute approximate surface area is 194 Å². The van der Waals surface area contributed by atoms with Crippen molar-refractivity contribution >= 4 is 11.7 Å². The fourth-order valence-electron chi connectivity index (χ4n) is 4.94. The van der Waals surface area contributed by atoms with Crippen molar-refractivity contribution in [3.63, 3.8) is 0 Å². The van der Waals surface area contributed by atoms with Crippen LogP contribution in [0, 0.1) is 6.92 Å². The highest BCUT2D eigenvalue weighted by Gasteiger charge is 2.39. The third kappa shape index (κ3) is 4.47. The van der Waals surface area contributed by atoms with E-state index in [9.17, 15) is 9.59 Å². The van der Waals surface area contributed by atoms with Crippen LogP contribution in [0.2, 0.25) is 0 Å². The number of carbonyl (C=O) groups is 2. The van der Waals surface area contributed by atoms with Crippen molar-refractivity contribution in [3.8, 4) is 5.75 Å². The Hall–Kier alpha value is -3.66. The average Bonchev–Trinajstić information content (AvgIpc) is 2.83. The van der Waals surface area contributed by atoms with Crippen LogP contribution in [-0.2, 0) is 16.2 Å². The first-order chi connectivity index (χ1) is 16.1. The zero-order valence-electron chi connectivity index (χ0n) is 18.7. The number of ether oxygens (including phenoxy) is 1. The van der Waals surface area contributed by atoms with Crippen LogP contribution < -0.4 is 10.1 Å². The number of carbonyl (C=O) groups excluding carboxylic acids is 2. The molecule has 2 atom stereocenters. The van der Waals surface area contributed by atoms with Gasteiger partial charge >= 0.3 is 0 Å². The Bertz CT molecular complexity index is 1210. The maximum Gasteiger partial charge on any atom is 0.225 e. The van der Waals surface area contributed by atoms with Gasteiger partial charge in [-0.1, -0.05) is 78.4 Å². The van der Waals surface area contributed by atoms with Crippen LogP contribution in [-0.4, -0.2) is 11.7 Å². The molecule has 0 bridgehead atoms. The first kappa shape index (κ1) is 21.2. The number of allylic oxidation sites excluding steroid dienone is 2. The van der Waals surface area contributed by atoms with Gasteiger partial charge < -0.3 is 10.1 Å². The highest BCUT2D eigenvalue weighted by molar-refractivity contribution is 6.02. The number of amides is 1. The number of hydrogen-bond acceptors (Lipinski definition) is 3. The lowest BCUT2D eigenvalue weighted by Crippen LogP contribution is -2.38. The minimum Gasteiger partial charge on any atom is -0.489 e. The molecular weight excluding hydrogens is 410 g/mol. The monoisotopic (exact) mass is 437 g/mol. The van der Waals surface area contributed by atoms with E-state index in [1.54, 1.807) is 0 Å². The summed E-state index contributed by atoms with van der Waals surface area (Å²) in [7, 11) is 0. The van der Waals surface area contributed by atoms with Crippen LogP contribution in [0.25, 0.3) is 0 Å². The second kappa shape index (κ2) is 9.07. The summed E-state index contributed by atoms with van der Waals surface area (Å²) in [5, 5.41) is 3.02. The summed E-state index contributed by atoms with van der Waals surface area (Å²) in [6.07, 6.45) is 1.38. The molecule has 0 saturated carbocycles. The summed E-state index contributed by atoms with van der Waals surface area (Å²) in [6.45, 7) is 2.49. The lowest BCUT2D eigenvalue weighted by Gasteiger charge is -2.35. The maximum atomic E-state index is 13.4. The summed E-state index contributed by atoms with van der Waals surface area (Å²) in [6, 6.07) is 26.1. The third-order valence-corrected chi connectivity index (χ3v) is 6.62. The molecule has 3 aromatic carbocycles. The van der Waals surface area contributed by atoms with Crippen LogP contribution in [0.1, 0.15) is 53.4 Å². The van der Waals surface area contributed by atoms with Gasteiger partial charge in [0.15, 0.2) is 5.78 Å². The molecule has 0 unspecified atom stereocenters. The molecule has 1 aliphatic carbocycles. The first-order valence-corrected chi connectivity index (χ1v) is 11.5. The van der Waals surface area contributed by atoms with Gasteiger partial charge in [0, 0.05) is 35.6 Å².